The Hall–Kier alpha value is -1.20. The number of amides is 1. The molecule has 4 nitrogen and oxygen atoms in total. The lowest BCUT2D eigenvalue weighted by molar-refractivity contribution is -0.117. The molecule has 2 aliphatic rings. The fourth-order valence-corrected chi connectivity index (χ4v) is 3.43. The van der Waals surface area contributed by atoms with E-state index in [1.165, 1.54) is 23.4 Å². The zero-order valence-corrected chi connectivity index (χ0v) is 10.2. The van der Waals surface area contributed by atoms with Crippen LogP contribution in [0.1, 0.15) is 18.4 Å². The molecule has 90 valence electrons. The maximum absolute atomic E-state index is 10.9. The molecule has 1 fully saturated rings. The summed E-state index contributed by atoms with van der Waals surface area (Å²) in [7, 11) is 0. The number of carbonyl (C=O) groups excluding carboxylic acids is 1. The highest BCUT2D eigenvalue weighted by atomic mass is 32.2. The molecule has 1 heterocycles. The largest absolute Gasteiger partial charge is 0.369 e. The van der Waals surface area contributed by atoms with Gasteiger partial charge in [-0.05, 0) is 30.5 Å². The van der Waals surface area contributed by atoms with Crippen molar-refractivity contribution in [3.8, 4) is 0 Å². The van der Waals surface area contributed by atoms with E-state index in [0.29, 0.717) is 12.5 Å². The second-order valence-electron chi connectivity index (χ2n) is 4.59. The molecule has 1 aliphatic carbocycles. The highest BCUT2D eigenvalue weighted by molar-refractivity contribution is 8.00. The minimum absolute atomic E-state index is 0.0151. The Balaban J connectivity index is 1.90. The Kier molecular flexibility index (Phi) is 2.52. The van der Waals surface area contributed by atoms with Crippen LogP contribution in [0.3, 0.4) is 0 Å². The number of primary amides is 1. The maximum Gasteiger partial charge on any atom is 0.221 e. The molecular formula is C12H15N3OS. The van der Waals surface area contributed by atoms with Crippen LogP contribution in [0.4, 0.5) is 5.69 Å². The van der Waals surface area contributed by atoms with Gasteiger partial charge in [-0.25, -0.2) is 0 Å². The number of thioether (sulfide) groups is 1. The number of hydrogen-bond acceptors (Lipinski definition) is 4. The van der Waals surface area contributed by atoms with Crippen LogP contribution in [-0.4, -0.2) is 17.4 Å². The first-order chi connectivity index (χ1) is 8.15. The predicted molar refractivity (Wildman–Crippen MR) is 68.7 cm³/mol. The van der Waals surface area contributed by atoms with Crippen molar-refractivity contribution in [1.29, 1.82) is 0 Å². The van der Waals surface area contributed by atoms with Crippen molar-refractivity contribution in [2.75, 3.05) is 4.90 Å². The molecule has 0 spiro atoms. The molecule has 0 radical (unpaired) electrons. The lowest BCUT2D eigenvalue weighted by Gasteiger charge is -2.22. The molecule has 1 unspecified atom stereocenters. The van der Waals surface area contributed by atoms with Crippen molar-refractivity contribution in [3.63, 3.8) is 0 Å². The van der Waals surface area contributed by atoms with Crippen LogP contribution >= 0.6 is 11.8 Å². The molecule has 17 heavy (non-hydrogen) atoms. The van der Waals surface area contributed by atoms with Gasteiger partial charge in [0.05, 0.1) is 12.1 Å². The zero-order chi connectivity index (χ0) is 12.0. The second-order valence-corrected chi connectivity index (χ2v) is 5.75. The standard InChI is InChI=1S/C12H15N3OS/c13-11(16)6-7-1-4-9-10(5-7)17-12(14)15(9)8-2-3-8/h1,4-5,8,12H,2-3,6,14H2,(H2,13,16). The predicted octanol–water partition coefficient (Wildman–Crippen LogP) is 1.03. The Morgan fingerprint density at radius 3 is 2.88 bits per heavy atom. The number of hydrogen-bond donors (Lipinski definition) is 2. The van der Waals surface area contributed by atoms with Gasteiger partial charge in [-0.1, -0.05) is 17.8 Å². The number of nitrogens with zero attached hydrogens (tertiary/aromatic N) is 1. The van der Waals surface area contributed by atoms with Gasteiger partial charge in [0, 0.05) is 10.9 Å². The lowest BCUT2D eigenvalue weighted by atomic mass is 10.1. The van der Waals surface area contributed by atoms with Crippen molar-refractivity contribution >= 4 is 23.4 Å². The highest BCUT2D eigenvalue weighted by Crippen LogP contribution is 2.47. The summed E-state index contributed by atoms with van der Waals surface area (Å²) in [6.07, 6.45) is 2.76. The van der Waals surface area contributed by atoms with Crippen molar-refractivity contribution < 1.29 is 4.79 Å². The van der Waals surface area contributed by atoms with Crippen LogP contribution in [-0.2, 0) is 11.2 Å². The third-order valence-corrected chi connectivity index (χ3v) is 4.19. The van der Waals surface area contributed by atoms with Crippen LogP contribution in [0.15, 0.2) is 23.1 Å². The quantitative estimate of drug-likeness (QED) is 0.839. The molecule has 1 atom stereocenters. The molecule has 0 bridgehead atoms. The lowest BCUT2D eigenvalue weighted by Crippen LogP contribution is -2.37. The number of anilines is 1. The number of fused-ring (bicyclic) bond motifs is 1. The first kappa shape index (κ1) is 10.9. The molecule has 0 saturated heterocycles. The Labute approximate surface area is 104 Å². The van der Waals surface area contributed by atoms with E-state index in [1.807, 2.05) is 12.1 Å². The van der Waals surface area contributed by atoms with Gasteiger partial charge in [-0.3, -0.25) is 4.79 Å². The third kappa shape index (κ3) is 2.00. The molecule has 1 aromatic carbocycles. The van der Waals surface area contributed by atoms with Crippen molar-refractivity contribution in [3.05, 3.63) is 23.8 Å². The molecule has 1 aromatic rings. The fourth-order valence-electron chi connectivity index (χ4n) is 2.26. The number of carbonyl (C=O) groups is 1. The smallest absolute Gasteiger partial charge is 0.221 e. The summed E-state index contributed by atoms with van der Waals surface area (Å²) in [4.78, 5) is 14.4. The first-order valence-corrected chi connectivity index (χ1v) is 6.65. The summed E-state index contributed by atoms with van der Waals surface area (Å²) < 4.78 is 0. The monoisotopic (exact) mass is 249 g/mol. The van der Waals surface area contributed by atoms with Crippen molar-refractivity contribution in [1.82, 2.24) is 0 Å². The summed E-state index contributed by atoms with van der Waals surface area (Å²) in [6.45, 7) is 0. The van der Waals surface area contributed by atoms with Gasteiger partial charge in [0.2, 0.25) is 5.91 Å². The zero-order valence-electron chi connectivity index (χ0n) is 9.43. The maximum atomic E-state index is 10.9. The van der Waals surface area contributed by atoms with E-state index in [0.717, 1.165) is 5.56 Å². The van der Waals surface area contributed by atoms with E-state index in [-0.39, 0.29) is 11.4 Å². The first-order valence-electron chi connectivity index (χ1n) is 5.77. The number of benzene rings is 1. The second kappa shape index (κ2) is 3.92. The Morgan fingerprint density at radius 2 is 2.24 bits per heavy atom. The highest BCUT2D eigenvalue weighted by Gasteiger charge is 2.38. The van der Waals surface area contributed by atoms with Crippen LogP contribution in [0.25, 0.3) is 0 Å². The third-order valence-electron chi connectivity index (χ3n) is 3.14. The van der Waals surface area contributed by atoms with E-state index in [9.17, 15) is 4.79 Å². The molecule has 1 aliphatic heterocycles. The average molecular weight is 249 g/mol. The molecule has 4 N–H and O–H groups in total. The number of rotatable bonds is 3. The normalized spacial score (nSPS) is 22.6. The Morgan fingerprint density at radius 1 is 1.47 bits per heavy atom. The van der Waals surface area contributed by atoms with Crippen LogP contribution in [0, 0.1) is 0 Å². The van der Waals surface area contributed by atoms with E-state index >= 15 is 0 Å². The van der Waals surface area contributed by atoms with Crippen molar-refractivity contribution in [2.24, 2.45) is 11.5 Å². The van der Waals surface area contributed by atoms with Gasteiger partial charge in [0.25, 0.3) is 0 Å². The fraction of sp³-hybridized carbons (Fsp3) is 0.417. The van der Waals surface area contributed by atoms with E-state index in [4.69, 9.17) is 11.5 Å². The SMILES string of the molecule is NC(=O)Cc1ccc2c(c1)SC(N)N2C1CC1. The van der Waals surface area contributed by atoms with E-state index < -0.39 is 0 Å². The van der Waals surface area contributed by atoms with Gasteiger partial charge in [-0.15, -0.1) is 0 Å². The minimum Gasteiger partial charge on any atom is -0.369 e. The molecular weight excluding hydrogens is 234 g/mol. The summed E-state index contributed by atoms with van der Waals surface area (Å²) in [5.41, 5.74) is 13.5. The van der Waals surface area contributed by atoms with E-state index in [1.54, 1.807) is 11.8 Å². The number of nitrogens with two attached hydrogens (primary N) is 2. The molecule has 3 rings (SSSR count). The molecule has 1 saturated carbocycles. The summed E-state index contributed by atoms with van der Waals surface area (Å²) in [6, 6.07) is 6.68. The van der Waals surface area contributed by atoms with E-state index in [2.05, 4.69) is 11.0 Å². The molecule has 5 heteroatoms. The van der Waals surface area contributed by atoms with Crippen LogP contribution in [0.5, 0.6) is 0 Å². The minimum atomic E-state index is -0.295. The summed E-state index contributed by atoms with van der Waals surface area (Å²) in [5, 5.41) is 0. The van der Waals surface area contributed by atoms with Gasteiger partial charge >= 0.3 is 0 Å². The van der Waals surface area contributed by atoms with Gasteiger partial charge in [0.1, 0.15) is 5.50 Å². The van der Waals surface area contributed by atoms with Crippen LogP contribution in [0.2, 0.25) is 0 Å². The van der Waals surface area contributed by atoms with Gasteiger partial charge in [0.15, 0.2) is 0 Å². The topological polar surface area (TPSA) is 72.3 Å². The van der Waals surface area contributed by atoms with Crippen molar-refractivity contribution in [2.45, 2.75) is 35.7 Å². The van der Waals surface area contributed by atoms with Gasteiger partial charge < -0.3 is 16.4 Å². The molecule has 1 amide bonds. The Bertz CT molecular complexity index is 473. The van der Waals surface area contributed by atoms with Gasteiger partial charge in [-0.2, -0.15) is 0 Å². The average Bonchev–Trinajstić information content (AvgIpc) is 3.00. The molecule has 0 aromatic heterocycles. The summed E-state index contributed by atoms with van der Waals surface area (Å²) >= 11 is 1.66. The summed E-state index contributed by atoms with van der Waals surface area (Å²) in [5.74, 6) is -0.295. The van der Waals surface area contributed by atoms with Crippen LogP contribution < -0.4 is 16.4 Å².